The van der Waals surface area contributed by atoms with Gasteiger partial charge in [0.1, 0.15) is 11.6 Å². The highest BCUT2D eigenvalue weighted by Crippen LogP contribution is 2.42. The summed E-state index contributed by atoms with van der Waals surface area (Å²) in [7, 11) is 0. The average molecular weight is 482 g/mol. The van der Waals surface area contributed by atoms with Gasteiger partial charge in [0.05, 0.1) is 11.4 Å². The van der Waals surface area contributed by atoms with Gasteiger partial charge in [0.15, 0.2) is 0 Å². The second-order valence-electron chi connectivity index (χ2n) is 8.06. The lowest BCUT2D eigenvalue weighted by Gasteiger charge is -2.21. The number of hydrogen-bond acceptors (Lipinski definition) is 6. The van der Waals surface area contributed by atoms with Gasteiger partial charge in [-0.3, -0.25) is 4.90 Å². The van der Waals surface area contributed by atoms with Gasteiger partial charge in [0.25, 0.3) is 0 Å². The van der Waals surface area contributed by atoms with E-state index < -0.39 is 6.03 Å². The minimum Gasteiger partial charge on any atom is -0.508 e. The predicted molar refractivity (Wildman–Crippen MR) is 143 cm³/mol. The van der Waals surface area contributed by atoms with Gasteiger partial charge < -0.3 is 22.3 Å². The zero-order valence-electron chi connectivity index (χ0n) is 18.7. The number of aromatic hydroxyl groups is 1. The highest BCUT2D eigenvalue weighted by molar-refractivity contribution is 7.18. The number of phenols is 1. The molecule has 7 nitrogen and oxygen atoms in total. The molecule has 0 unspecified atom stereocenters. The molecule has 0 saturated heterocycles. The Balaban J connectivity index is 1.56. The van der Waals surface area contributed by atoms with Crippen LogP contribution >= 0.6 is 11.3 Å². The fraction of sp³-hybridized carbons (Fsp3) is 0.0370. The highest BCUT2D eigenvalue weighted by Gasteiger charge is 2.18. The molecule has 0 bridgehead atoms. The van der Waals surface area contributed by atoms with E-state index in [0.29, 0.717) is 23.7 Å². The number of fused-ring (bicyclic) bond motifs is 1. The molecule has 0 aliphatic heterocycles. The zero-order chi connectivity index (χ0) is 24.5. The van der Waals surface area contributed by atoms with Crippen LogP contribution in [0.5, 0.6) is 5.75 Å². The molecule has 7 N–H and O–H groups in total. The minimum absolute atomic E-state index is 0.191. The Labute approximate surface area is 206 Å². The molecule has 5 rings (SSSR count). The number of pyridine rings is 1. The predicted octanol–water partition coefficient (Wildman–Crippen LogP) is 5.59. The third-order valence-corrected chi connectivity index (χ3v) is 6.86. The second kappa shape index (κ2) is 9.09. The fourth-order valence-electron chi connectivity index (χ4n) is 4.18. The van der Waals surface area contributed by atoms with Crippen molar-refractivity contribution in [2.75, 3.05) is 10.6 Å². The Morgan fingerprint density at radius 2 is 1.71 bits per heavy atom. The maximum absolute atomic E-state index is 12.3. The quantitative estimate of drug-likeness (QED) is 0.260. The molecule has 2 aromatic heterocycles. The van der Waals surface area contributed by atoms with Gasteiger partial charge in [0, 0.05) is 34.0 Å². The van der Waals surface area contributed by atoms with Crippen LogP contribution in [0.1, 0.15) is 5.56 Å². The first-order valence-electron chi connectivity index (χ1n) is 10.9. The topological polar surface area (TPSA) is 131 Å². The largest absolute Gasteiger partial charge is 0.508 e. The van der Waals surface area contributed by atoms with Gasteiger partial charge in [-0.15, -0.1) is 11.3 Å². The van der Waals surface area contributed by atoms with Crippen LogP contribution in [-0.4, -0.2) is 16.1 Å². The summed E-state index contributed by atoms with van der Waals surface area (Å²) in [4.78, 5) is 18.2. The zero-order valence-corrected chi connectivity index (χ0v) is 19.5. The molecule has 8 heteroatoms. The first kappa shape index (κ1) is 22.4. The summed E-state index contributed by atoms with van der Waals surface area (Å²) in [6.07, 6.45) is 1.73. The molecule has 0 spiro atoms. The lowest BCUT2D eigenvalue weighted by Crippen LogP contribution is -2.31. The average Bonchev–Trinajstić information content (AvgIpc) is 3.31. The molecule has 0 aliphatic carbocycles. The van der Waals surface area contributed by atoms with Crippen LogP contribution in [0.25, 0.3) is 32.3 Å². The number of carbonyl (C=O) groups is 1. The van der Waals surface area contributed by atoms with Gasteiger partial charge in [-0.2, -0.15) is 0 Å². The Hall–Kier alpha value is -4.40. The van der Waals surface area contributed by atoms with Crippen molar-refractivity contribution in [2.45, 2.75) is 6.54 Å². The number of hydrogen-bond donors (Lipinski definition) is 4. The number of amides is 2. The van der Waals surface area contributed by atoms with Gasteiger partial charge >= 0.3 is 6.03 Å². The monoisotopic (exact) mass is 481 g/mol. The summed E-state index contributed by atoms with van der Waals surface area (Å²) < 4.78 is 0.986. The Morgan fingerprint density at radius 1 is 0.943 bits per heavy atom. The standard InChI is InChI=1S/C27H23N5O2S/c28-13-16-3-1-5-20(11-16)32(27(30)34)19-9-7-17(8-10-19)23-15-35-25-22(14-31-26(29)24(23)25)18-4-2-6-21(33)12-18/h1-12,14-15,33H,13,28H2,(H2,29,31)(H2,30,34). The van der Waals surface area contributed by atoms with Crippen molar-refractivity contribution in [1.29, 1.82) is 0 Å². The molecule has 0 radical (unpaired) electrons. The number of urea groups is 1. The van der Waals surface area contributed by atoms with Crippen molar-refractivity contribution in [3.05, 3.63) is 89.9 Å². The fourth-order valence-corrected chi connectivity index (χ4v) is 5.29. The molecule has 5 aromatic rings. The summed E-state index contributed by atoms with van der Waals surface area (Å²) in [5.74, 6) is 0.623. The maximum Gasteiger partial charge on any atom is 0.323 e. The summed E-state index contributed by atoms with van der Waals surface area (Å²) in [6, 6.07) is 21.5. The van der Waals surface area contributed by atoms with E-state index in [1.54, 1.807) is 35.7 Å². The number of benzene rings is 3. The van der Waals surface area contributed by atoms with E-state index in [1.807, 2.05) is 60.0 Å². The van der Waals surface area contributed by atoms with E-state index >= 15 is 0 Å². The molecule has 0 saturated carbocycles. The van der Waals surface area contributed by atoms with E-state index in [-0.39, 0.29) is 5.75 Å². The number of phenolic OH excluding ortho intramolecular Hbond substituents is 1. The van der Waals surface area contributed by atoms with Crippen LogP contribution in [0.2, 0.25) is 0 Å². The molecular formula is C27H23N5O2S. The normalized spacial score (nSPS) is 11.0. The third kappa shape index (κ3) is 4.16. The number of thiophene rings is 1. The Morgan fingerprint density at radius 3 is 2.43 bits per heavy atom. The highest BCUT2D eigenvalue weighted by atomic mass is 32.1. The summed E-state index contributed by atoms with van der Waals surface area (Å²) in [5, 5.41) is 12.8. The first-order valence-corrected chi connectivity index (χ1v) is 11.8. The van der Waals surface area contributed by atoms with E-state index in [4.69, 9.17) is 17.2 Å². The number of carbonyl (C=O) groups excluding carboxylic acids is 1. The van der Waals surface area contributed by atoms with Crippen molar-refractivity contribution >= 4 is 44.6 Å². The molecule has 0 fully saturated rings. The van der Waals surface area contributed by atoms with Crippen LogP contribution < -0.4 is 22.1 Å². The smallest absolute Gasteiger partial charge is 0.323 e. The van der Waals surface area contributed by atoms with Crippen LogP contribution in [0.15, 0.2) is 84.4 Å². The number of aromatic nitrogens is 1. The molecular weight excluding hydrogens is 458 g/mol. The Bertz CT molecular complexity index is 1550. The molecule has 0 aliphatic rings. The number of nitrogens with two attached hydrogens (primary N) is 3. The van der Waals surface area contributed by atoms with Crippen molar-refractivity contribution in [3.63, 3.8) is 0 Å². The third-order valence-electron chi connectivity index (χ3n) is 5.84. The second-order valence-corrected chi connectivity index (χ2v) is 8.94. The molecule has 2 amide bonds. The molecule has 2 heterocycles. The minimum atomic E-state index is -0.586. The number of nitrogen functional groups attached to an aromatic ring is 1. The number of anilines is 3. The summed E-state index contributed by atoms with van der Waals surface area (Å²) in [6.45, 7) is 0.366. The van der Waals surface area contributed by atoms with Crippen LogP contribution in [0.4, 0.5) is 22.0 Å². The van der Waals surface area contributed by atoms with Crippen LogP contribution in [0, 0.1) is 0 Å². The lowest BCUT2D eigenvalue weighted by atomic mass is 10.0. The van der Waals surface area contributed by atoms with Gasteiger partial charge in [-0.1, -0.05) is 36.4 Å². The maximum atomic E-state index is 12.3. The number of rotatable bonds is 5. The summed E-state index contributed by atoms with van der Waals surface area (Å²) in [5.41, 5.74) is 23.6. The van der Waals surface area contributed by atoms with E-state index in [0.717, 1.165) is 37.9 Å². The van der Waals surface area contributed by atoms with E-state index in [9.17, 15) is 9.90 Å². The van der Waals surface area contributed by atoms with Gasteiger partial charge in [-0.05, 0) is 58.5 Å². The van der Waals surface area contributed by atoms with E-state index in [2.05, 4.69) is 4.98 Å². The first-order chi connectivity index (χ1) is 17.0. The van der Waals surface area contributed by atoms with Crippen LogP contribution in [-0.2, 0) is 6.54 Å². The lowest BCUT2D eigenvalue weighted by molar-refractivity contribution is 0.256. The van der Waals surface area contributed by atoms with Crippen molar-refractivity contribution < 1.29 is 9.90 Å². The SMILES string of the molecule is NCc1cccc(N(C(N)=O)c2ccc(-c3csc4c(-c5cccc(O)c5)cnc(N)c34)cc2)c1. The van der Waals surface area contributed by atoms with Gasteiger partial charge in [-0.25, -0.2) is 9.78 Å². The number of primary amides is 1. The van der Waals surface area contributed by atoms with E-state index in [1.165, 1.54) is 4.90 Å². The summed E-state index contributed by atoms with van der Waals surface area (Å²) >= 11 is 1.57. The van der Waals surface area contributed by atoms with Crippen molar-refractivity contribution in [2.24, 2.45) is 11.5 Å². The molecule has 35 heavy (non-hydrogen) atoms. The molecule has 174 valence electrons. The van der Waals surface area contributed by atoms with Gasteiger partial charge in [0.2, 0.25) is 0 Å². The van der Waals surface area contributed by atoms with Crippen LogP contribution in [0.3, 0.4) is 0 Å². The molecule has 0 atom stereocenters. The molecule has 3 aromatic carbocycles. The van der Waals surface area contributed by atoms with Crippen molar-refractivity contribution in [3.8, 4) is 28.0 Å². The number of nitrogens with zero attached hydrogens (tertiary/aromatic N) is 2. The van der Waals surface area contributed by atoms with Crippen molar-refractivity contribution in [1.82, 2.24) is 4.98 Å². The Kier molecular flexibility index (Phi) is 5.82.